The summed E-state index contributed by atoms with van der Waals surface area (Å²) in [4.78, 5) is 0. The van der Waals surface area contributed by atoms with Gasteiger partial charge in [-0.1, -0.05) is 6.08 Å². The number of rotatable bonds is 5. The van der Waals surface area contributed by atoms with Crippen molar-refractivity contribution in [2.45, 2.75) is 50.9 Å². The molecule has 1 aliphatic carbocycles. The smallest absolute Gasteiger partial charge is 0.175 e. The molecule has 2 fully saturated rings. The number of nitriles is 1. The lowest BCUT2D eigenvalue weighted by Gasteiger charge is -2.40. The molecule has 0 bridgehead atoms. The largest absolute Gasteiger partial charge is 0.349 e. The van der Waals surface area contributed by atoms with Gasteiger partial charge in [-0.05, 0) is 32.6 Å². The third kappa shape index (κ3) is 2.18. The van der Waals surface area contributed by atoms with Crippen molar-refractivity contribution in [1.82, 2.24) is 9.78 Å². The normalized spacial score (nSPS) is 31.7. The van der Waals surface area contributed by atoms with Crippen LogP contribution in [0.3, 0.4) is 0 Å². The van der Waals surface area contributed by atoms with Crippen LogP contribution < -0.4 is 0 Å². The molecule has 0 aromatic carbocycles. The molecule has 1 aliphatic heterocycles. The summed E-state index contributed by atoms with van der Waals surface area (Å²) in [6.07, 6.45) is 6.89. The minimum absolute atomic E-state index is 0.0514. The number of fused-ring (bicyclic) bond motifs is 1. The second kappa shape index (κ2) is 5.53. The summed E-state index contributed by atoms with van der Waals surface area (Å²) in [6, 6.07) is 3.93. The summed E-state index contributed by atoms with van der Waals surface area (Å²) >= 11 is 0. The Balaban J connectivity index is 1.84. The summed E-state index contributed by atoms with van der Waals surface area (Å²) < 4.78 is 14.1. The molecule has 0 N–H and O–H groups in total. The van der Waals surface area contributed by atoms with Crippen LogP contribution in [0.2, 0.25) is 0 Å². The van der Waals surface area contributed by atoms with Gasteiger partial charge in [-0.2, -0.15) is 10.4 Å². The third-order valence-electron chi connectivity index (χ3n) is 5.22. The molecule has 5 heteroatoms. The molecular weight excluding hydrogens is 278 g/mol. The van der Waals surface area contributed by atoms with Crippen molar-refractivity contribution in [3.8, 4) is 6.07 Å². The van der Waals surface area contributed by atoms with Gasteiger partial charge in [0.2, 0.25) is 0 Å². The zero-order chi connectivity index (χ0) is 15.8. The van der Waals surface area contributed by atoms with E-state index in [1.807, 2.05) is 13.0 Å². The maximum atomic E-state index is 9.07. The Kier molecular flexibility index (Phi) is 3.84. The van der Waals surface area contributed by atoms with Crippen LogP contribution in [0.1, 0.15) is 56.5 Å². The molecule has 1 saturated carbocycles. The van der Waals surface area contributed by atoms with Gasteiger partial charge in [0, 0.05) is 24.9 Å². The standard InChI is InChI=1S/C17H23N3O2/c1-4-6-16-7-5-8-17(16,21-10-9-16)22-13(2)15-11-14(12-18)20(3)19-15/h4,11,13H,1,5-10H2,2-3H3. The van der Waals surface area contributed by atoms with Gasteiger partial charge < -0.3 is 9.47 Å². The number of hydrogen-bond acceptors (Lipinski definition) is 4. The van der Waals surface area contributed by atoms with Crippen LogP contribution in [0.25, 0.3) is 0 Å². The lowest BCUT2D eigenvalue weighted by atomic mass is 9.77. The summed E-state index contributed by atoms with van der Waals surface area (Å²) in [5, 5.41) is 13.5. The Morgan fingerprint density at radius 2 is 2.41 bits per heavy atom. The monoisotopic (exact) mass is 301 g/mol. The highest BCUT2D eigenvalue weighted by Gasteiger charge is 2.60. The fraction of sp³-hybridized carbons (Fsp3) is 0.647. The second-order valence-corrected chi connectivity index (χ2v) is 6.43. The van der Waals surface area contributed by atoms with Crippen molar-refractivity contribution in [2.24, 2.45) is 12.5 Å². The predicted molar refractivity (Wildman–Crippen MR) is 81.8 cm³/mol. The van der Waals surface area contributed by atoms with Crippen LogP contribution in [0.15, 0.2) is 18.7 Å². The van der Waals surface area contributed by atoms with Gasteiger partial charge in [0.05, 0.1) is 12.3 Å². The van der Waals surface area contributed by atoms with Crippen LogP contribution in [0, 0.1) is 16.7 Å². The molecule has 22 heavy (non-hydrogen) atoms. The fourth-order valence-electron chi connectivity index (χ4n) is 4.06. The van der Waals surface area contributed by atoms with E-state index < -0.39 is 5.79 Å². The SMILES string of the molecule is C=CCC12CCCC1(OC(C)c1cc(C#N)n(C)n1)OCC2. The van der Waals surface area contributed by atoms with E-state index in [0.717, 1.165) is 44.4 Å². The van der Waals surface area contributed by atoms with Crippen LogP contribution in [-0.4, -0.2) is 22.2 Å². The van der Waals surface area contributed by atoms with E-state index in [1.165, 1.54) is 0 Å². The highest BCUT2D eigenvalue weighted by atomic mass is 16.7. The molecule has 2 heterocycles. The number of nitrogens with zero attached hydrogens (tertiary/aromatic N) is 3. The van der Waals surface area contributed by atoms with Crippen LogP contribution >= 0.6 is 0 Å². The highest BCUT2D eigenvalue weighted by Crippen LogP contribution is 2.59. The van der Waals surface area contributed by atoms with Crippen LogP contribution in [-0.2, 0) is 16.5 Å². The predicted octanol–water partition coefficient (Wildman–Crippen LogP) is 3.23. The molecule has 3 unspecified atom stereocenters. The molecule has 5 nitrogen and oxygen atoms in total. The molecule has 0 amide bonds. The topological polar surface area (TPSA) is 60.1 Å². The van der Waals surface area contributed by atoms with Gasteiger partial charge in [0.1, 0.15) is 17.9 Å². The first-order valence-corrected chi connectivity index (χ1v) is 7.92. The lowest BCUT2D eigenvalue weighted by molar-refractivity contribution is -0.268. The second-order valence-electron chi connectivity index (χ2n) is 6.43. The van der Waals surface area contributed by atoms with Crippen molar-refractivity contribution in [2.75, 3.05) is 6.61 Å². The molecule has 0 spiro atoms. The van der Waals surface area contributed by atoms with Crippen molar-refractivity contribution in [3.63, 3.8) is 0 Å². The Morgan fingerprint density at radius 1 is 1.59 bits per heavy atom. The maximum absolute atomic E-state index is 9.07. The van der Waals surface area contributed by atoms with Crippen molar-refractivity contribution in [3.05, 3.63) is 30.1 Å². The average Bonchev–Trinajstić information content (AvgIpc) is 3.10. The Morgan fingerprint density at radius 3 is 3.09 bits per heavy atom. The minimum atomic E-state index is -0.523. The van der Waals surface area contributed by atoms with E-state index in [4.69, 9.17) is 14.7 Å². The lowest BCUT2D eigenvalue weighted by Crippen LogP contribution is -2.43. The molecule has 1 aromatic rings. The summed E-state index contributed by atoms with van der Waals surface area (Å²) in [7, 11) is 1.77. The Hall–Kier alpha value is -1.64. The first kappa shape index (κ1) is 15.3. The van der Waals surface area contributed by atoms with E-state index in [1.54, 1.807) is 17.8 Å². The number of aryl methyl sites for hydroxylation is 1. The van der Waals surface area contributed by atoms with E-state index in [2.05, 4.69) is 17.7 Å². The molecule has 3 atom stereocenters. The van der Waals surface area contributed by atoms with Crippen LogP contribution in [0.5, 0.6) is 0 Å². The first-order valence-electron chi connectivity index (χ1n) is 7.92. The first-order chi connectivity index (χ1) is 10.6. The molecule has 0 radical (unpaired) electrons. The van der Waals surface area contributed by atoms with Crippen molar-refractivity contribution < 1.29 is 9.47 Å². The molecule has 118 valence electrons. The molecule has 1 saturated heterocycles. The van der Waals surface area contributed by atoms with Gasteiger partial charge in [0.15, 0.2) is 5.79 Å². The van der Waals surface area contributed by atoms with Gasteiger partial charge in [-0.3, -0.25) is 4.68 Å². The van der Waals surface area contributed by atoms with E-state index >= 15 is 0 Å². The number of hydrogen-bond donors (Lipinski definition) is 0. The Bertz CT molecular complexity index is 604. The minimum Gasteiger partial charge on any atom is -0.349 e. The zero-order valence-corrected chi connectivity index (χ0v) is 13.3. The number of ether oxygens (including phenoxy) is 2. The van der Waals surface area contributed by atoms with Crippen molar-refractivity contribution >= 4 is 0 Å². The molecule has 1 aromatic heterocycles. The van der Waals surface area contributed by atoms with E-state index in [-0.39, 0.29) is 11.5 Å². The summed E-state index contributed by atoms with van der Waals surface area (Å²) in [5.41, 5.74) is 1.37. The van der Waals surface area contributed by atoms with Crippen molar-refractivity contribution in [1.29, 1.82) is 5.26 Å². The molecule has 2 aliphatic rings. The number of aromatic nitrogens is 2. The molecular formula is C17H23N3O2. The fourth-order valence-corrected chi connectivity index (χ4v) is 4.06. The van der Waals surface area contributed by atoms with Gasteiger partial charge in [0.25, 0.3) is 0 Å². The summed E-state index contributed by atoms with van der Waals surface area (Å²) in [6.45, 7) is 6.64. The maximum Gasteiger partial charge on any atom is 0.175 e. The number of allylic oxidation sites excluding steroid dienone is 1. The zero-order valence-electron chi connectivity index (χ0n) is 13.3. The third-order valence-corrected chi connectivity index (χ3v) is 5.22. The summed E-state index contributed by atoms with van der Waals surface area (Å²) in [5.74, 6) is -0.523. The van der Waals surface area contributed by atoms with E-state index in [0.29, 0.717) is 5.69 Å². The van der Waals surface area contributed by atoms with Gasteiger partial charge in [-0.15, -0.1) is 6.58 Å². The Labute approximate surface area is 131 Å². The van der Waals surface area contributed by atoms with Gasteiger partial charge in [-0.25, -0.2) is 0 Å². The van der Waals surface area contributed by atoms with Gasteiger partial charge >= 0.3 is 0 Å². The quantitative estimate of drug-likeness (QED) is 0.783. The average molecular weight is 301 g/mol. The van der Waals surface area contributed by atoms with E-state index in [9.17, 15) is 0 Å². The highest BCUT2D eigenvalue weighted by molar-refractivity contribution is 5.24. The van der Waals surface area contributed by atoms with Crippen LogP contribution in [0.4, 0.5) is 0 Å². The molecule has 3 rings (SSSR count).